The fourth-order valence-corrected chi connectivity index (χ4v) is 1.88. The zero-order valence-corrected chi connectivity index (χ0v) is 12.3. The molecule has 1 aromatic carbocycles. The third kappa shape index (κ3) is 4.80. The summed E-state index contributed by atoms with van der Waals surface area (Å²) in [7, 11) is 1.48. The van der Waals surface area contributed by atoms with Gasteiger partial charge in [0, 0.05) is 17.1 Å². The Bertz CT molecular complexity index is 521. The van der Waals surface area contributed by atoms with E-state index >= 15 is 0 Å². The Balaban J connectivity index is 2.67. The quantitative estimate of drug-likeness (QED) is 0.626. The van der Waals surface area contributed by atoms with E-state index in [-0.39, 0.29) is 6.54 Å². The number of carboxylic acid groups (broad SMARTS) is 1. The molecular weight excluding hydrogens is 300 g/mol. The second kappa shape index (κ2) is 7.70. The number of carbonyl (C=O) groups is 2. The molecule has 0 heterocycles. The van der Waals surface area contributed by atoms with E-state index in [2.05, 4.69) is 10.6 Å². The molecule has 0 saturated carbocycles. The number of methoxy groups -OCH3 is 1. The molecular formula is C13H17ClN2O5. The second-order valence-corrected chi connectivity index (χ2v) is 4.71. The van der Waals surface area contributed by atoms with Crippen molar-refractivity contribution in [2.75, 3.05) is 7.11 Å². The molecule has 8 heteroatoms. The highest BCUT2D eigenvalue weighted by molar-refractivity contribution is 6.31. The maximum Gasteiger partial charge on any atom is 0.328 e. The number of carbonyl (C=O) groups excluding carboxylic acids is 1. The van der Waals surface area contributed by atoms with Crippen molar-refractivity contribution in [1.29, 1.82) is 0 Å². The average molecular weight is 317 g/mol. The summed E-state index contributed by atoms with van der Waals surface area (Å²) in [5, 5.41) is 23.2. The van der Waals surface area contributed by atoms with E-state index in [1.165, 1.54) is 14.0 Å². The predicted molar refractivity (Wildman–Crippen MR) is 76.5 cm³/mol. The number of urea groups is 1. The molecule has 0 saturated heterocycles. The minimum Gasteiger partial charge on any atom is -0.496 e. The van der Waals surface area contributed by atoms with Crippen LogP contribution in [0.25, 0.3) is 0 Å². The topological polar surface area (TPSA) is 108 Å². The van der Waals surface area contributed by atoms with Crippen LogP contribution in [0.5, 0.6) is 5.75 Å². The zero-order chi connectivity index (χ0) is 16.0. The third-order valence-electron chi connectivity index (χ3n) is 2.76. The number of hydrogen-bond acceptors (Lipinski definition) is 4. The van der Waals surface area contributed by atoms with Gasteiger partial charge in [-0.15, -0.1) is 0 Å². The molecule has 0 aliphatic rings. The first-order valence-corrected chi connectivity index (χ1v) is 6.51. The molecule has 7 nitrogen and oxygen atoms in total. The molecule has 4 N–H and O–H groups in total. The summed E-state index contributed by atoms with van der Waals surface area (Å²) in [6.07, 6.45) is -1.22. The van der Waals surface area contributed by atoms with E-state index in [1.807, 2.05) is 0 Å². The molecule has 0 aliphatic carbocycles. The first kappa shape index (κ1) is 17.1. The highest BCUT2D eigenvalue weighted by atomic mass is 35.5. The van der Waals surface area contributed by atoms with Crippen LogP contribution >= 0.6 is 11.6 Å². The number of rotatable bonds is 6. The molecule has 2 unspecified atom stereocenters. The van der Waals surface area contributed by atoms with Gasteiger partial charge >= 0.3 is 12.0 Å². The maximum absolute atomic E-state index is 11.7. The average Bonchev–Trinajstić information content (AvgIpc) is 2.42. The summed E-state index contributed by atoms with van der Waals surface area (Å²) in [5.74, 6) is -0.816. The number of aliphatic hydroxyl groups is 1. The number of halogens is 1. The van der Waals surface area contributed by atoms with Crippen LogP contribution in [-0.4, -0.2) is 41.5 Å². The van der Waals surface area contributed by atoms with Crippen molar-refractivity contribution in [3.05, 3.63) is 28.8 Å². The third-order valence-corrected chi connectivity index (χ3v) is 3.11. The van der Waals surface area contributed by atoms with E-state index < -0.39 is 24.1 Å². The Kier molecular flexibility index (Phi) is 6.26. The molecule has 0 aromatic heterocycles. The summed E-state index contributed by atoms with van der Waals surface area (Å²) in [6.45, 7) is 1.33. The molecule has 0 radical (unpaired) electrons. The molecule has 0 aliphatic heterocycles. The molecule has 0 fully saturated rings. The summed E-state index contributed by atoms with van der Waals surface area (Å²) in [4.78, 5) is 22.5. The van der Waals surface area contributed by atoms with Gasteiger partial charge in [-0.25, -0.2) is 9.59 Å². The highest BCUT2D eigenvalue weighted by Gasteiger charge is 2.24. The Morgan fingerprint density at radius 3 is 2.62 bits per heavy atom. The Morgan fingerprint density at radius 1 is 1.43 bits per heavy atom. The summed E-state index contributed by atoms with van der Waals surface area (Å²) < 4.78 is 5.13. The van der Waals surface area contributed by atoms with Gasteiger partial charge in [-0.3, -0.25) is 0 Å². The molecule has 2 atom stereocenters. The predicted octanol–water partition coefficient (Wildman–Crippen LogP) is 0.982. The van der Waals surface area contributed by atoms with E-state index in [0.717, 1.165) is 0 Å². The van der Waals surface area contributed by atoms with Gasteiger partial charge in [0.2, 0.25) is 0 Å². The largest absolute Gasteiger partial charge is 0.496 e. The maximum atomic E-state index is 11.7. The van der Waals surface area contributed by atoms with Crippen molar-refractivity contribution in [3.63, 3.8) is 0 Å². The van der Waals surface area contributed by atoms with Gasteiger partial charge in [0.25, 0.3) is 0 Å². The lowest BCUT2D eigenvalue weighted by Gasteiger charge is -2.18. The van der Waals surface area contributed by atoms with Crippen LogP contribution in [0.1, 0.15) is 12.5 Å². The highest BCUT2D eigenvalue weighted by Crippen LogP contribution is 2.25. The minimum atomic E-state index is -1.39. The summed E-state index contributed by atoms with van der Waals surface area (Å²) >= 11 is 6.01. The standard InChI is InChI=1S/C13H17ClN2O5/c1-7(17)11(12(18)19)16-13(20)15-6-8-9(14)4-3-5-10(8)21-2/h3-5,7,11,17H,6H2,1-2H3,(H,18,19)(H2,15,16,20). The van der Waals surface area contributed by atoms with E-state index in [4.69, 9.17) is 21.4 Å². The van der Waals surface area contributed by atoms with Gasteiger partial charge in [0.05, 0.1) is 13.2 Å². The van der Waals surface area contributed by atoms with E-state index in [9.17, 15) is 14.7 Å². The van der Waals surface area contributed by atoms with Gasteiger partial charge in [0.15, 0.2) is 6.04 Å². The first-order chi connectivity index (χ1) is 9.86. The lowest BCUT2D eigenvalue weighted by atomic mass is 10.2. The lowest BCUT2D eigenvalue weighted by Crippen LogP contribution is -2.51. The Hall–Kier alpha value is -1.99. The number of ether oxygens (including phenoxy) is 1. The number of carboxylic acids is 1. The van der Waals surface area contributed by atoms with E-state index in [0.29, 0.717) is 16.3 Å². The monoisotopic (exact) mass is 316 g/mol. The van der Waals surface area contributed by atoms with Crippen molar-refractivity contribution in [2.24, 2.45) is 0 Å². The SMILES string of the molecule is COc1cccc(Cl)c1CNC(=O)NC(C(=O)O)C(C)O. The molecule has 0 bridgehead atoms. The molecule has 2 amide bonds. The molecule has 21 heavy (non-hydrogen) atoms. The zero-order valence-electron chi connectivity index (χ0n) is 11.6. The van der Waals surface area contributed by atoms with Crippen molar-refractivity contribution >= 4 is 23.6 Å². The van der Waals surface area contributed by atoms with Crippen LogP contribution < -0.4 is 15.4 Å². The number of benzene rings is 1. The second-order valence-electron chi connectivity index (χ2n) is 4.30. The van der Waals surface area contributed by atoms with Crippen LogP contribution in [0.4, 0.5) is 4.79 Å². The van der Waals surface area contributed by atoms with Crippen molar-refractivity contribution in [3.8, 4) is 5.75 Å². The first-order valence-electron chi connectivity index (χ1n) is 6.13. The number of amides is 2. The molecule has 0 spiro atoms. The van der Waals surface area contributed by atoms with Gasteiger partial charge in [0.1, 0.15) is 5.75 Å². The molecule has 1 rings (SSSR count). The van der Waals surface area contributed by atoms with Gasteiger partial charge < -0.3 is 25.6 Å². The van der Waals surface area contributed by atoms with Crippen LogP contribution in [0, 0.1) is 0 Å². The lowest BCUT2D eigenvalue weighted by molar-refractivity contribution is -0.141. The van der Waals surface area contributed by atoms with Crippen LogP contribution in [0.3, 0.4) is 0 Å². The summed E-state index contributed by atoms with van der Waals surface area (Å²) in [5.41, 5.74) is 0.570. The molecule has 1 aromatic rings. The van der Waals surface area contributed by atoms with Crippen LogP contribution in [0.2, 0.25) is 5.02 Å². The van der Waals surface area contributed by atoms with Gasteiger partial charge in [-0.2, -0.15) is 0 Å². The number of aliphatic carboxylic acids is 1. The number of hydrogen-bond donors (Lipinski definition) is 4. The fourth-order valence-electron chi connectivity index (χ4n) is 1.65. The number of aliphatic hydroxyl groups excluding tert-OH is 1. The van der Waals surface area contributed by atoms with Crippen LogP contribution in [0.15, 0.2) is 18.2 Å². The van der Waals surface area contributed by atoms with Crippen molar-refractivity contribution < 1.29 is 24.5 Å². The minimum absolute atomic E-state index is 0.0564. The smallest absolute Gasteiger partial charge is 0.328 e. The van der Waals surface area contributed by atoms with Gasteiger partial charge in [-0.1, -0.05) is 17.7 Å². The van der Waals surface area contributed by atoms with Crippen LogP contribution in [-0.2, 0) is 11.3 Å². The summed E-state index contributed by atoms with van der Waals surface area (Å²) in [6, 6.07) is 2.92. The van der Waals surface area contributed by atoms with Crippen molar-refractivity contribution in [1.82, 2.24) is 10.6 Å². The molecule has 116 valence electrons. The fraction of sp³-hybridized carbons (Fsp3) is 0.385. The van der Waals surface area contributed by atoms with E-state index in [1.54, 1.807) is 18.2 Å². The Morgan fingerprint density at radius 2 is 2.10 bits per heavy atom. The number of nitrogens with one attached hydrogen (secondary N) is 2. The normalized spacial score (nSPS) is 13.1. The van der Waals surface area contributed by atoms with Gasteiger partial charge in [-0.05, 0) is 19.1 Å². The van der Waals surface area contributed by atoms with Crippen molar-refractivity contribution in [2.45, 2.75) is 25.6 Å². The Labute approximate surface area is 126 Å².